The average molecular weight is 430 g/mol. The van der Waals surface area contributed by atoms with Crippen LogP contribution in [0.3, 0.4) is 0 Å². The van der Waals surface area contributed by atoms with Gasteiger partial charge in [-0.2, -0.15) is 4.89 Å². The number of fused-ring (bicyclic) bond motifs is 2. The molecule has 0 aromatic heterocycles. The highest BCUT2D eigenvalue weighted by atomic mass is 79.9. The lowest BCUT2D eigenvalue weighted by Crippen LogP contribution is -2.43. The van der Waals surface area contributed by atoms with Gasteiger partial charge < -0.3 is 9.99 Å². The first-order valence-electron chi connectivity index (χ1n) is 9.82. The molecule has 5 rings (SSSR count). The smallest absolute Gasteiger partial charge is 0.168 e. The van der Waals surface area contributed by atoms with Crippen molar-refractivity contribution in [2.24, 2.45) is 0 Å². The van der Waals surface area contributed by atoms with E-state index in [4.69, 9.17) is 9.78 Å². The van der Waals surface area contributed by atoms with Gasteiger partial charge in [0.15, 0.2) is 5.75 Å². The van der Waals surface area contributed by atoms with Crippen molar-refractivity contribution in [3.05, 3.63) is 63.1 Å². The average Bonchev–Trinajstić information content (AvgIpc) is 3.04. The second kappa shape index (κ2) is 7.21. The molecule has 0 spiro atoms. The van der Waals surface area contributed by atoms with E-state index in [1.807, 2.05) is 6.07 Å². The Morgan fingerprint density at radius 1 is 1.07 bits per heavy atom. The molecule has 0 saturated carbocycles. The maximum Gasteiger partial charge on any atom is 0.168 e. The molecule has 5 heteroatoms. The number of nitrogens with zero attached hydrogens (tertiary/aromatic N) is 1. The third-order valence-corrected chi connectivity index (χ3v) is 6.91. The van der Waals surface area contributed by atoms with Crippen LogP contribution in [0.4, 0.5) is 0 Å². The van der Waals surface area contributed by atoms with E-state index < -0.39 is 0 Å². The molecule has 4 nitrogen and oxygen atoms in total. The van der Waals surface area contributed by atoms with Gasteiger partial charge in [0.05, 0.1) is 12.7 Å². The van der Waals surface area contributed by atoms with Gasteiger partial charge in [-0.25, -0.2) is 0 Å². The molecular weight excluding hydrogens is 406 g/mol. The van der Waals surface area contributed by atoms with E-state index in [1.165, 1.54) is 16.7 Å². The van der Waals surface area contributed by atoms with Crippen molar-refractivity contribution in [1.82, 2.24) is 4.90 Å². The molecular formula is C22H24BrNO3. The number of piperidine rings is 1. The standard InChI is InChI=1S/C22H24BrNO3/c23-16-5-4-15-12-20(22(25)19(15)13-16)24-9-6-14(7-10-24)17-2-1-3-21-18(17)8-11-26-27-21/h1-5,13-14,20,22,25H,6-12H2. The van der Waals surface area contributed by atoms with Gasteiger partial charge in [-0.3, -0.25) is 4.90 Å². The number of aliphatic hydroxyl groups excluding tert-OH is 1. The third-order valence-electron chi connectivity index (χ3n) is 6.41. The first kappa shape index (κ1) is 17.7. The molecule has 1 N–H and O–H groups in total. The predicted octanol–water partition coefficient (Wildman–Crippen LogP) is 4.15. The first-order valence-corrected chi connectivity index (χ1v) is 10.6. The minimum absolute atomic E-state index is 0.205. The summed E-state index contributed by atoms with van der Waals surface area (Å²) in [6.45, 7) is 2.69. The Hall–Kier alpha value is -1.40. The zero-order valence-corrected chi connectivity index (χ0v) is 16.8. The number of aliphatic hydroxyl groups is 1. The molecule has 3 aliphatic rings. The zero-order valence-electron chi connectivity index (χ0n) is 15.2. The molecule has 2 unspecified atom stereocenters. The van der Waals surface area contributed by atoms with Crippen LogP contribution in [0.15, 0.2) is 40.9 Å². The summed E-state index contributed by atoms with van der Waals surface area (Å²) in [5.74, 6) is 1.45. The lowest BCUT2D eigenvalue weighted by molar-refractivity contribution is -0.215. The Labute approximate surface area is 168 Å². The quantitative estimate of drug-likeness (QED) is 0.727. The van der Waals surface area contributed by atoms with Gasteiger partial charge in [0.1, 0.15) is 0 Å². The SMILES string of the molecule is OC1c2cc(Br)ccc2CC1N1CCC(c2cccc3c2CCOO3)CC1. The number of hydrogen-bond acceptors (Lipinski definition) is 4. The summed E-state index contributed by atoms with van der Waals surface area (Å²) >= 11 is 3.53. The van der Waals surface area contributed by atoms with Crippen molar-refractivity contribution in [3.63, 3.8) is 0 Å². The summed E-state index contributed by atoms with van der Waals surface area (Å²) in [4.78, 5) is 13.0. The Kier molecular flexibility index (Phi) is 4.72. The second-order valence-electron chi connectivity index (χ2n) is 7.85. The largest absolute Gasteiger partial charge is 0.387 e. The Morgan fingerprint density at radius 3 is 2.78 bits per heavy atom. The lowest BCUT2D eigenvalue weighted by atomic mass is 9.84. The normalized spacial score (nSPS) is 25.7. The van der Waals surface area contributed by atoms with Crippen LogP contribution >= 0.6 is 15.9 Å². The van der Waals surface area contributed by atoms with E-state index in [0.29, 0.717) is 12.5 Å². The molecule has 2 aromatic carbocycles. The highest BCUT2D eigenvalue weighted by molar-refractivity contribution is 9.10. The molecule has 1 aliphatic carbocycles. The van der Waals surface area contributed by atoms with Crippen molar-refractivity contribution < 1.29 is 14.9 Å². The van der Waals surface area contributed by atoms with Crippen LogP contribution in [-0.4, -0.2) is 35.7 Å². The predicted molar refractivity (Wildman–Crippen MR) is 107 cm³/mol. The van der Waals surface area contributed by atoms with Gasteiger partial charge in [0.2, 0.25) is 0 Å². The van der Waals surface area contributed by atoms with Crippen LogP contribution in [0.25, 0.3) is 0 Å². The van der Waals surface area contributed by atoms with Crippen LogP contribution in [-0.2, 0) is 17.7 Å². The number of rotatable bonds is 2. The van der Waals surface area contributed by atoms with Crippen LogP contribution in [0.5, 0.6) is 5.75 Å². The fourth-order valence-corrected chi connectivity index (χ4v) is 5.38. The summed E-state index contributed by atoms with van der Waals surface area (Å²) in [5.41, 5.74) is 5.12. The molecule has 2 aliphatic heterocycles. The fourth-order valence-electron chi connectivity index (χ4n) is 5.00. The maximum absolute atomic E-state index is 10.9. The number of halogens is 1. The fraction of sp³-hybridized carbons (Fsp3) is 0.455. The molecule has 0 amide bonds. The summed E-state index contributed by atoms with van der Waals surface area (Å²) in [7, 11) is 0. The first-order chi connectivity index (χ1) is 13.2. The van der Waals surface area contributed by atoms with Crippen LogP contribution in [0, 0.1) is 0 Å². The molecule has 2 aromatic rings. The van der Waals surface area contributed by atoms with Crippen LogP contribution in [0.1, 0.15) is 47.1 Å². The molecule has 2 atom stereocenters. The zero-order chi connectivity index (χ0) is 18.4. The molecule has 1 fully saturated rings. The minimum atomic E-state index is -0.385. The van der Waals surface area contributed by atoms with E-state index in [2.05, 4.69) is 51.2 Å². The lowest BCUT2D eigenvalue weighted by Gasteiger charge is -2.38. The molecule has 2 heterocycles. The molecule has 1 saturated heterocycles. The van der Waals surface area contributed by atoms with E-state index in [9.17, 15) is 5.11 Å². The highest BCUT2D eigenvalue weighted by Gasteiger charge is 2.37. The van der Waals surface area contributed by atoms with E-state index in [1.54, 1.807) is 0 Å². The van der Waals surface area contributed by atoms with E-state index >= 15 is 0 Å². The Morgan fingerprint density at radius 2 is 1.93 bits per heavy atom. The van der Waals surface area contributed by atoms with E-state index in [0.717, 1.165) is 54.6 Å². The van der Waals surface area contributed by atoms with Crippen molar-refractivity contribution >= 4 is 15.9 Å². The van der Waals surface area contributed by atoms with Crippen molar-refractivity contribution in [3.8, 4) is 5.75 Å². The van der Waals surface area contributed by atoms with Crippen molar-refractivity contribution in [2.45, 2.75) is 43.7 Å². The van der Waals surface area contributed by atoms with Crippen molar-refractivity contribution in [2.75, 3.05) is 19.7 Å². The topological polar surface area (TPSA) is 41.9 Å². The summed E-state index contributed by atoms with van der Waals surface area (Å²) in [6.07, 6.45) is 3.74. The van der Waals surface area contributed by atoms with Crippen LogP contribution < -0.4 is 4.89 Å². The number of likely N-dealkylation sites (tertiary alicyclic amines) is 1. The van der Waals surface area contributed by atoms with Gasteiger partial charge in [0, 0.05) is 22.5 Å². The summed E-state index contributed by atoms with van der Waals surface area (Å²) in [5, 5.41) is 10.9. The third kappa shape index (κ3) is 3.21. The van der Waals surface area contributed by atoms with Gasteiger partial charge in [0.25, 0.3) is 0 Å². The number of benzene rings is 2. The Bertz CT molecular complexity index is 847. The monoisotopic (exact) mass is 429 g/mol. The van der Waals surface area contributed by atoms with Gasteiger partial charge in [-0.1, -0.05) is 34.1 Å². The number of hydrogen-bond donors (Lipinski definition) is 1. The molecule has 142 valence electrons. The van der Waals surface area contributed by atoms with Gasteiger partial charge in [-0.15, -0.1) is 0 Å². The highest BCUT2D eigenvalue weighted by Crippen LogP contribution is 2.40. The van der Waals surface area contributed by atoms with Crippen LogP contribution in [0.2, 0.25) is 0 Å². The molecule has 27 heavy (non-hydrogen) atoms. The van der Waals surface area contributed by atoms with Crippen molar-refractivity contribution in [1.29, 1.82) is 0 Å². The summed E-state index contributed by atoms with van der Waals surface area (Å²) < 4.78 is 1.04. The molecule has 0 radical (unpaired) electrons. The molecule has 0 bridgehead atoms. The van der Waals surface area contributed by atoms with Gasteiger partial charge >= 0.3 is 0 Å². The maximum atomic E-state index is 10.9. The second-order valence-corrected chi connectivity index (χ2v) is 8.76. The van der Waals surface area contributed by atoms with E-state index in [-0.39, 0.29) is 12.1 Å². The Balaban J connectivity index is 1.29. The van der Waals surface area contributed by atoms with Gasteiger partial charge in [-0.05, 0) is 73.2 Å². The summed E-state index contributed by atoms with van der Waals surface area (Å²) in [6, 6.07) is 12.8. The minimum Gasteiger partial charge on any atom is -0.387 e.